The number of halogens is 1. The Morgan fingerprint density at radius 1 is 1.16 bits per heavy atom. The van der Waals surface area contributed by atoms with Gasteiger partial charge in [0.15, 0.2) is 11.5 Å². The van der Waals surface area contributed by atoms with Crippen LogP contribution < -0.4 is 14.8 Å². The number of hydrogen-bond donors (Lipinski definition) is 1. The lowest BCUT2D eigenvalue weighted by molar-refractivity contribution is -0.384. The van der Waals surface area contributed by atoms with E-state index in [0.29, 0.717) is 41.1 Å². The van der Waals surface area contributed by atoms with Crippen LogP contribution in [-0.4, -0.2) is 34.9 Å². The minimum Gasteiger partial charge on any atom is -0.490 e. The van der Waals surface area contributed by atoms with Crippen LogP contribution in [0.2, 0.25) is 0 Å². The van der Waals surface area contributed by atoms with E-state index in [2.05, 4.69) is 21.2 Å². The summed E-state index contributed by atoms with van der Waals surface area (Å²) in [4.78, 5) is 36.0. The fourth-order valence-electron chi connectivity index (χ4n) is 3.11. The molecule has 168 valence electrons. The lowest BCUT2D eigenvalue weighted by atomic mass is 10.1. The maximum Gasteiger partial charge on any atom is 0.329 e. The van der Waals surface area contributed by atoms with Crippen LogP contribution in [0.15, 0.2) is 46.6 Å². The number of nitrogens with one attached hydrogen (secondary N) is 1. The average Bonchev–Trinajstić information content (AvgIpc) is 3.01. The quantitative estimate of drug-likeness (QED) is 0.231. The first kappa shape index (κ1) is 23.3. The normalized spacial score (nSPS) is 14.6. The minimum absolute atomic E-state index is 0.00776. The Kier molecular flexibility index (Phi) is 7.47. The summed E-state index contributed by atoms with van der Waals surface area (Å²) in [6.45, 7) is 4.65. The summed E-state index contributed by atoms with van der Waals surface area (Å²) in [6.07, 6.45) is 2.26. The molecule has 0 atom stereocenters. The Labute approximate surface area is 193 Å². The summed E-state index contributed by atoms with van der Waals surface area (Å²) in [5, 5.41) is 13.4. The summed E-state index contributed by atoms with van der Waals surface area (Å²) < 4.78 is 12.2. The number of hydrogen-bond acceptors (Lipinski definition) is 6. The predicted octanol–water partition coefficient (Wildman–Crippen LogP) is 4.64. The van der Waals surface area contributed by atoms with E-state index in [-0.39, 0.29) is 23.9 Å². The van der Waals surface area contributed by atoms with Crippen molar-refractivity contribution in [3.8, 4) is 11.5 Å². The van der Waals surface area contributed by atoms with E-state index in [1.165, 1.54) is 17.0 Å². The van der Waals surface area contributed by atoms with Gasteiger partial charge in [-0.05, 0) is 70.7 Å². The molecule has 0 bridgehead atoms. The monoisotopic (exact) mass is 503 g/mol. The van der Waals surface area contributed by atoms with Crippen LogP contribution in [0.4, 0.5) is 10.5 Å². The number of nitro groups is 1. The molecular formula is C22H22BrN3O6. The van der Waals surface area contributed by atoms with Crippen molar-refractivity contribution in [1.29, 1.82) is 0 Å². The lowest BCUT2D eigenvalue weighted by Gasteiger charge is -2.15. The predicted molar refractivity (Wildman–Crippen MR) is 121 cm³/mol. The fourth-order valence-corrected chi connectivity index (χ4v) is 3.68. The largest absolute Gasteiger partial charge is 0.490 e. The summed E-state index contributed by atoms with van der Waals surface area (Å²) in [5.74, 6) is 0.545. The zero-order valence-electron chi connectivity index (χ0n) is 17.6. The standard InChI is InChI=1S/C22H22BrN3O6/c1-3-9-25-21(27)18(24-22(25)28)11-15-10-17(23)20(19(12-15)31-4-2)32-13-14-5-7-16(8-6-14)26(29)30/h5-8,10-12H,3-4,9,13H2,1-2H3,(H,24,28)/b18-11+. The lowest BCUT2D eigenvalue weighted by Crippen LogP contribution is -2.31. The Morgan fingerprint density at radius 3 is 2.50 bits per heavy atom. The average molecular weight is 504 g/mol. The summed E-state index contributed by atoms with van der Waals surface area (Å²) in [5.41, 5.74) is 1.60. The smallest absolute Gasteiger partial charge is 0.329 e. The molecule has 2 aromatic rings. The van der Waals surface area contributed by atoms with Gasteiger partial charge in [-0.2, -0.15) is 0 Å². The van der Waals surface area contributed by atoms with Crippen molar-refractivity contribution >= 4 is 39.6 Å². The molecule has 1 N–H and O–H groups in total. The maximum absolute atomic E-state index is 12.5. The molecule has 0 unspecified atom stereocenters. The Morgan fingerprint density at radius 2 is 1.88 bits per heavy atom. The highest BCUT2D eigenvalue weighted by Crippen LogP contribution is 2.38. The number of nitrogens with zero attached hydrogens (tertiary/aromatic N) is 2. The second-order valence-corrected chi connectivity index (χ2v) is 7.77. The highest BCUT2D eigenvalue weighted by molar-refractivity contribution is 9.10. The number of amides is 3. The second-order valence-electron chi connectivity index (χ2n) is 6.92. The van der Waals surface area contributed by atoms with E-state index < -0.39 is 11.0 Å². The van der Waals surface area contributed by atoms with Crippen LogP contribution >= 0.6 is 15.9 Å². The molecule has 1 aliphatic heterocycles. The van der Waals surface area contributed by atoms with Gasteiger partial charge in [-0.3, -0.25) is 19.8 Å². The van der Waals surface area contributed by atoms with E-state index in [4.69, 9.17) is 9.47 Å². The molecular weight excluding hydrogens is 482 g/mol. The van der Waals surface area contributed by atoms with E-state index in [1.807, 2.05) is 13.8 Å². The highest BCUT2D eigenvalue weighted by atomic mass is 79.9. The molecule has 3 amide bonds. The minimum atomic E-state index is -0.458. The SMILES string of the molecule is CCCN1C(=O)N/C(=C/c2cc(Br)c(OCc3ccc([N+](=O)[O-])cc3)c(OCC)c2)C1=O. The molecule has 1 saturated heterocycles. The third-order valence-electron chi connectivity index (χ3n) is 4.58. The van der Waals surface area contributed by atoms with Crippen molar-refractivity contribution in [2.24, 2.45) is 0 Å². The van der Waals surface area contributed by atoms with Crippen molar-refractivity contribution in [1.82, 2.24) is 10.2 Å². The molecule has 1 heterocycles. The molecule has 10 heteroatoms. The number of urea groups is 1. The van der Waals surface area contributed by atoms with E-state index in [9.17, 15) is 19.7 Å². The number of carbonyl (C=O) groups is 2. The maximum atomic E-state index is 12.5. The molecule has 3 rings (SSSR count). The Hall–Kier alpha value is -3.40. The van der Waals surface area contributed by atoms with Gasteiger partial charge in [0.2, 0.25) is 0 Å². The van der Waals surface area contributed by atoms with E-state index in [0.717, 1.165) is 5.56 Å². The number of non-ortho nitro benzene ring substituents is 1. The zero-order valence-corrected chi connectivity index (χ0v) is 19.2. The first-order valence-corrected chi connectivity index (χ1v) is 10.8. The third kappa shape index (κ3) is 5.25. The molecule has 0 aromatic heterocycles. The van der Waals surface area contributed by atoms with Crippen molar-refractivity contribution < 1.29 is 24.0 Å². The third-order valence-corrected chi connectivity index (χ3v) is 5.17. The Balaban J connectivity index is 1.82. The molecule has 1 fully saturated rings. The van der Waals surface area contributed by atoms with Crippen molar-refractivity contribution in [2.75, 3.05) is 13.2 Å². The van der Waals surface area contributed by atoms with Crippen molar-refractivity contribution in [2.45, 2.75) is 26.9 Å². The number of benzene rings is 2. The number of imide groups is 1. The molecule has 0 spiro atoms. The molecule has 9 nitrogen and oxygen atoms in total. The van der Waals surface area contributed by atoms with Crippen LogP contribution in [0.1, 0.15) is 31.4 Å². The molecule has 0 radical (unpaired) electrons. The topological polar surface area (TPSA) is 111 Å². The fraction of sp³-hybridized carbons (Fsp3) is 0.273. The number of ether oxygens (including phenoxy) is 2. The molecule has 0 aliphatic carbocycles. The van der Waals surface area contributed by atoms with Gasteiger partial charge in [-0.25, -0.2) is 4.79 Å². The summed E-state index contributed by atoms with van der Waals surface area (Å²) >= 11 is 3.48. The summed E-state index contributed by atoms with van der Waals surface area (Å²) in [7, 11) is 0. The number of carbonyl (C=O) groups excluding carboxylic acids is 2. The van der Waals surface area contributed by atoms with Crippen LogP contribution in [0.5, 0.6) is 11.5 Å². The van der Waals surface area contributed by atoms with Gasteiger partial charge in [0.05, 0.1) is 16.0 Å². The van der Waals surface area contributed by atoms with Gasteiger partial charge in [0.25, 0.3) is 11.6 Å². The second kappa shape index (κ2) is 10.3. The van der Waals surface area contributed by atoms with E-state index >= 15 is 0 Å². The van der Waals surface area contributed by atoms with Crippen molar-refractivity contribution in [3.05, 3.63) is 67.8 Å². The molecule has 2 aromatic carbocycles. The van der Waals surface area contributed by atoms with Crippen LogP contribution in [0.25, 0.3) is 6.08 Å². The van der Waals surface area contributed by atoms with Gasteiger partial charge < -0.3 is 14.8 Å². The van der Waals surface area contributed by atoms with Gasteiger partial charge >= 0.3 is 6.03 Å². The van der Waals surface area contributed by atoms with Crippen LogP contribution in [-0.2, 0) is 11.4 Å². The van der Waals surface area contributed by atoms with Gasteiger partial charge in [-0.15, -0.1) is 0 Å². The van der Waals surface area contributed by atoms with Gasteiger partial charge in [-0.1, -0.05) is 6.92 Å². The zero-order chi connectivity index (χ0) is 23.3. The molecule has 32 heavy (non-hydrogen) atoms. The molecule has 1 aliphatic rings. The van der Waals surface area contributed by atoms with Gasteiger partial charge in [0, 0.05) is 18.7 Å². The number of rotatable bonds is 9. The first-order chi connectivity index (χ1) is 15.3. The highest BCUT2D eigenvalue weighted by Gasteiger charge is 2.32. The van der Waals surface area contributed by atoms with E-state index in [1.54, 1.807) is 30.3 Å². The van der Waals surface area contributed by atoms with Crippen LogP contribution in [0.3, 0.4) is 0 Å². The summed E-state index contributed by atoms with van der Waals surface area (Å²) in [6, 6.07) is 9.12. The Bertz CT molecular complexity index is 1070. The van der Waals surface area contributed by atoms with Gasteiger partial charge in [0.1, 0.15) is 12.3 Å². The first-order valence-electron chi connectivity index (χ1n) is 10.0. The number of nitro benzene ring substituents is 1. The van der Waals surface area contributed by atoms with Crippen molar-refractivity contribution in [3.63, 3.8) is 0 Å². The van der Waals surface area contributed by atoms with Crippen LogP contribution in [0, 0.1) is 10.1 Å². The molecule has 0 saturated carbocycles.